The van der Waals surface area contributed by atoms with Crippen molar-refractivity contribution in [1.29, 1.82) is 0 Å². The van der Waals surface area contributed by atoms with Crippen LogP contribution in [0.15, 0.2) is 24.3 Å². The predicted octanol–water partition coefficient (Wildman–Crippen LogP) is 3.39. The van der Waals surface area contributed by atoms with E-state index in [0.29, 0.717) is 0 Å². The van der Waals surface area contributed by atoms with Crippen LogP contribution in [0.5, 0.6) is 5.75 Å². The Balaban J connectivity index is 1.87. The highest BCUT2D eigenvalue weighted by atomic mass is 32.1. The summed E-state index contributed by atoms with van der Waals surface area (Å²) < 4.78 is 5.17. The van der Waals surface area contributed by atoms with E-state index < -0.39 is 0 Å². The number of hydrogen-bond donors (Lipinski definition) is 1. The summed E-state index contributed by atoms with van der Waals surface area (Å²) >= 11 is 1.71. The molecular formula is C16H23N3OS. The highest BCUT2D eigenvalue weighted by molar-refractivity contribution is 7.11. The van der Waals surface area contributed by atoms with Gasteiger partial charge in [0, 0.05) is 6.42 Å². The molecule has 0 fully saturated rings. The monoisotopic (exact) mass is 305 g/mol. The van der Waals surface area contributed by atoms with Gasteiger partial charge in [-0.05, 0) is 44.0 Å². The van der Waals surface area contributed by atoms with Crippen molar-refractivity contribution >= 4 is 11.3 Å². The van der Waals surface area contributed by atoms with Gasteiger partial charge < -0.3 is 10.1 Å². The molecule has 114 valence electrons. The van der Waals surface area contributed by atoms with Gasteiger partial charge in [-0.25, -0.2) is 0 Å². The molecule has 1 N–H and O–H groups in total. The van der Waals surface area contributed by atoms with E-state index >= 15 is 0 Å². The molecule has 2 rings (SSSR count). The molecule has 0 spiro atoms. The molecule has 1 aromatic carbocycles. The Morgan fingerprint density at radius 1 is 1.19 bits per heavy atom. The first kappa shape index (κ1) is 15.9. The van der Waals surface area contributed by atoms with Crippen LogP contribution in [0.3, 0.4) is 0 Å². The number of nitrogens with one attached hydrogen (secondary N) is 1. The van der Waals surface area contributed by atoms with Crippen LogP contribution in [0.2, 0.25) is 0 Å². The van der Waals surface area contributed by atoms with Gasteiger partial charge in [-0.3, -0.25) is 0 Å². The Morgan fingerprint density at radius 2 is 1.95 bits per heavy atom. The first-order valence-electron chi connectivity index (χ1n) is 7.41. The Bertz CT molecular complexity index is 539. The average Bonchev–Trinajstić information content (AvgIpc) is 3.00. The van der Waals surface area contributed by atoms with Gasteiger partial charge in [0.05, 0.1) is 13.2 Å². The molecular weight excluding hydrogens is 282 g/mol. The minimum atomic E-state index is 0.289. The molecule has 4 nitrogen and oxygen atoms in total. The number of nitrogens with zero attached hydrogens (tertiary/aromatic N) is 2. The number of methoxy groups -OCH3 is 1. The van der Waals surface area contributed by atoms with Crippen molar-refractivity contribution in [3.63, 3.8) is 0 Å². The van der Waals surface area contributed by atoms with Crippen LogP contribution in [0.25, 0.3) is 0 Å². The number of benzene rings is 1. The second-order valence-corrected chi connectivity index (χ2v) is 6.15. The molecule has 0 aliphatic carbocycles. The van der Waals surface area contributed by atoms with Crippen LogP contribution < -0.4 is 10.1 Å². The lowest BCUT2D eigenvalue weighted by atomic mass is 10.1. The second-order valence-electron chi connectivity index (χ2n) is 5.06. The number of aryl methyl sites for hydroxylation is 2. The second kappa shape index (κ2) is 8.10. The normalized spacial score (nSPS) is 12.3. The SMILES string of the molecule is CCCNC(C)c1nnc(CCc2ccc(OC)cc2)s1. The molecule has 5 heteroatoms. The third kappa shape index (κ3) is 4.79. The van der Waals surface area contributed by atoms with Gasteiger partial charge in [-0.2, -0.15) is 0 Å². The molecule has 1 aromatic heterocycles. The number of hydrogen-bond acceptors (Lipinski definition) is 5. The van der Waals surface area contributed by atoms with E-state index in [0.717, 1.165) is 41.6 Å². The number of aromatic nitrogens is 2. The zero-order chi connectivity index (χ0) is 15.1. The van der Waals surface area contributed by atoms with E-state index in [2.05, 4.69) is 41.5 Å². The Hall–Kier alpha value is -1.46. The molecule has 0 amide bonds. The summed E-state index contributed by atoms with van der Waals surface area (Å²) in [6, 6.07) is 8.49. The van der Waals surface area contributed by atoms with Gasteiger partial charge in [0.25, 0.3) is 0 Å². The Kier molecular flexibility index (Phi) is 6.14. The van der Waals surface area contributed by atoms with E-state index in [1.165, 1.54) is 5.56 Å². The molecule has 0 aliphatic rings. The van der Waals surface area contributed by atoms with Crippen LogP contribution in [-0.4, -0.2) is 23.9 Å². The van der Waals surface area contributed by atoms with Crippen LogP contribution in [0.1, 0.15) is 41.9 Å². The summed E-state index contributed by atoms with van der Waals surface area (Å²) in [6.45, 7) is 5.32. The van der Waals surface area contributed by atoms with Crippen LogP contribution in [0.4, 0.5) is 0 Å². The summed E-state index contributed by atoms with van der Waals surface area (Å²) in [5.74, 6) is 0.896. The Labute approximate surface area is 130 Å². The third-order valence-electron chi connectivity index (χ3n) is 3.34. The summed E-state index contributed by atoms with van der Waals surface area (Å²) in [7, 11) is 1.69. The highest BCUT2D eigenvalue weighted by Crippen LogP contribution is 2.19. The minimum absolute atomic E-state index is 0.289. The first-order chi connectivity index (χ1) is 10.2. The maximum atomic E-state index is 5.17. The molecule has 2 aromatic rings. The van der Waals surface area contributed by atoms with Crippen molar-refractivity contribution in [3.8, 4) is 5.75 Å². The molecule has 0 aliphatic heterocycles. The van der Waals surface area contributed by atoms with E-state index in [-0.39, 0.29) is 6.04 Å². The topological polar surface area (TPSA) is 47.0 Å². The molecule has 0 bridgehead atoms. The molecule has 21 heavy (non-hydrogen) atoms. The lowest BCUT2D eigenvalue weighted by Gasteiger charge is -2.08. The van der Waals surface area contributed by atoms with Gasteiger partial charge in [-0.1, -0.05) is 30.4 Å². The van der Waals surface area contributed by atoms with Crippen molar-refractivity contribution in [2.45, 2.75) is 39.2 Å². The quantitative estimate of drug-likeness (QED) is 0.812. The van der Waals surface area contributed by atoms with Crippen molar-refractivity contribution < 1.29 is 4.74 Å². The molecule has 0 radical (unpaired) electrons. The van der Waals surface area contributed by atoms with E-state index in [9.17, 15) is 0 Å². The van der Waals surface area contributed by atoms with E-state index in [1.54, 1.807) is 18.4 Å². The summed E-state index contributed by atoms with van der Waals surface area (Å²) in [6.07, 6.45) is 3.05. The van der Waals surface area contributed by atoms with Crippen LogP contribution >= 0.6 is 11.3 Å². The molecule has 1 unspecified atom stereocenters. The maximum absolute atomic E-state index is 5.17. The molecule has 1 heterocycles. The fourth-order valence-electron chi connectivity index (χ4n) is 2.03. The zero-order valence-electron chi connectivity index (χ0n) is 12.9. The molecule has 0 saturated carbocycles. The molecule has 1 atom stereocenters. The lowest BCUT2D eigenvalue weighted by Crippen LogP contribution is -2.18. The van der Waals surface area contributed by atoms with Gasteiger partial charge in [0.15, 0.2) is 0 Å². The van der Waals surface area contributed by atoms with Gasteiger partial charge in [0.2, 0.25) is 0 Å². The minimum Gasteiger partial charge on any atom is -0.497 e. The Morgan fingerprint density at radius 3 is 2.62 bits per heavy atom. The van der Waals surface area contributed by atoms with Gasteiger partial charge in [-0.15, -0.1) is 10.2 Å². The summed E-state index contributed by atoms with van der Waals surface area (Å²) in [4.78, 5) is 0. The van der Waals surface area contributed by atoms with Gasteiger partial charge >= 0.3 is 0 Å². The smallest absolute Gasteiger partial charge is 0.134 e. The number of ether oxygens (including phenoxy) is 1. The predicted molar refractivity (Wildman–Crippen MR) is 87.0 cm³/mol. The summed E-state index contributed by atoms with van der Waals surface area (Å²) in [5.41, 5.74) is 1.30. The lowest BCUT2D eigenvalue weighted by molar-refractivity contribution is 0.414. The maximum Gasteiger partial charge on any atom is 0.134 e. The fourth-order valence-corrected chi connectivity index (χ4v) is 2.90. The van der Waals surface area contributed by atoms with Gasteiger partial charge in [0.1, 0.15) is 15.8 Å². The van der Waals surface area contributed by atoms with Crippen molar-refractivity contribution in [2.75, 3.05) is 13.7 Å². The molecule has 0 saturated heterocycles. The third-order valence-corrected chi connectivity index (χ3v) is 4.51. The van der Waals surface area contributed by atoms with E-state index in [4.69, 9.17) is 4.74 Å². The van der Waals surface area contributed by atoms with E-state index in [1.807, 2.05) is 12.1 Å². The van der Waals surface area contributed by atoms with Crippen LogP contribution in [0, 0.1) is 0 Å². The summed E-state index contributed by atoms with van der Waals surface area (Å²) in [5, 5.41) is 14.2. The highest BCUT2D eigenvalue weighted by Gasteiger charge is 2.11. The van der Waals surface area contributed by atoms with Crippen molar-refractivity contribution in [1.82, 2.24) is 15.5 Å². The zero-order valence-corrected chi connectivity index (χ0v) is 13.7. The van der Waals surface area contributed by atoms with Crippen molar-refractivity contribution in [3.05, 3.63) is 39.8 Å². The standard InChI is InChI=1S/C16H23N3OS/c1-4-11-17-12(2)16-19-18-15(21-16)10-7-13-5-8-14(20-3)9-6-13/h5-6,8-9,12,17H,4,7,10-11H2,1-3H3. The first-order valence-corrected chi connectivity index (χ1v) is 8.23. The van der Waals surface area contributed by atoms with Crippen LogP contribution in [-0.2, 0) is 12.8 Å². The number of rotatable bonds is 8. The van der Waals surface area contributed by atoms with Crippen molar-refractivity contribution in [2.24, 2.45) is 0 Å². The average molecular weight is 305 g/mol. The largest absolute Gasteiger partial charge is 0.497 e. The fraction of sp³-hybridized carbons (Fsp3) is 0.500.